The van der Waals surface area contributed by atoms with Gasteiger partial charge in [0.1, 0.15) is 0 Å². The van der Waals surface area contributed by atoms with Crippen LogP contribution >= 0.6 is 0 Å². The highest BCUT2D eigenvalue weighted by molar-refractivity contribution is 5.78. The minimum absolute atomic E-state index is 0.0197. The van der Waals surface area contributed by atoms with E-state index in [1.807, 2.05) is 6.92 Å². The van der Waals surface area contributed by atoms with E-state index in [9.17, 15) is 9.59 Å². The predicted molar refractivity (Wildman–Crippen MR) is 82.8 cm³/mol. The lowest BCUT2D eigenvalue weighted by Gasteiger charge is -2.31. The van der Waals surface area contributed by atoms with Gasteiger partial charge in [-0.15, -0.1) is 13.2 Å². The summed E-state index contributed by atoms with van der Waals surface area (Å²) in [5.41, 5.74) is 0. The van der Waals surface area contributed by atoms with E-state index < -0.39 is 0 Å². The van der Waals surface area contributed by atoms with E-state index in [1.54, 1.807) is 17.1 Å². The second kappa shape index (κ2) is 9.34. The van der Waals surface area contributed by atoms with Gasteiger partial charge in [-0.1, -0.05) is 12.2 Å². The number of carbonyl (C=O) groups excluding carboxylic acids is 2. The molecule has 5 nitrogen and oxygen atoms in total. The quantitative estimate of drug-likeness (QED) is 0.502. The highest BCUT2D eigenvalue weighted by Gasteiger charge is 2.27. The number of likely N-dealkylation sites (tertiary alicyclic amines) is 1. The Morgan fingerprint density at radius 1 is 1.24 bits per heavy atom. The molecule has 1 rings (SSSR count). The smallest absolute Gasteiger partial charge is 0.309 e. The van der Waals surface area contributed by atoms with E-state index >= 15 is 0 Å². The van der Waals surface area contributed by atoms with Gasteiger partial charge in [-0.3, -0.25) is 14.5 Å². The van der Waals surface area contributed by atoms with Crippen LogP contribution in [0.3, 0.4) is 0 Å². The third-order valence-electron chi connectivity index (χ3n) is 3.62. The van der Waals surface area contributed by atoms with E-state index in [1.165, 1.54) is 0 Å². The molecule has 21 heavy (non-hydrogen) atoms. The first kappa shape index (κ1) is 17.4. The molecule has 1 saturated heterocycles. The van der Waals surface area contributed by atoms with Gasteiger partial charge >= 0.3 is 5.97 Å². The van der Waals surface area contributed by atoms with E-state index in [0.717, 1.165) is 25.9 Å². The predicted octanol–water partition coefficient (Wildman–Crippen LogP) is 1.46. The topological polar surface area (TPSA) is 49.9 Å². The van der Waals surface area contributed by atoms with Crippen LogP contribution in [0.25, 0.3) is 0 Å². The normalized spacial score (nSPS) is 16.2. The molecule has 0 aliphatic carbocycles. The fourth-order valence-corrected chi connectivity index (χ4v) is 2.47. The molecule has 1 amide bonds. The lowest BCUT2D eigenvalue weighted by Crippen LogP contribution is -2.44. The SMILES string of the molecule is C=CCN(CC=C)C(=O)CN1CCC(C(=O)OCC)CC1. The summed E-state index contributed by atoms with van der Waals surface area (Å²) in [6.45, 7) is 12.5. The maximum atomic E-state index is 12.2. The maximum absolute atomic E-state index is 12.2. The van der Waals surface area contributed by atoms with E-state index in [4.69, 9.17) is 4.74 Å². The molecule has 0 radical (unpaired) electrons. The third kappa shape index (κ3) is 5.71. The number of piperidine rings is 1. The number of carbonyl (C=O) groups is 2. The molecule has 0 aromatic rings. The molecule has 5 heteroatoms. The van der Waals surface area contributed by atoms with Gasteiger partial charge in [0.25, 0.3) is 0 Å². The van der Waals surface area contributed by atoms with Gasteiger partial charge in [0.2, 0.25) is 5.91 Å². The van der Waals surface area contributed by atoms with Crippen molar-refractivity contribution in [1.29, 1.82) is 0 Å². The monoisotopic (exact) mass is 294 g/mol. The summed E-state index contributed by atoms with van der Waals surface area (Å²) in [6, 6.07) is 0. The second-order valence-corrected chi connectivity index (χ2v) is 5.18. The Morgan fingerprint density at radius 3 is 2.29 bits per heavy atom. The van der Waals surface area contributed by atoms with E-state index in [2.05, 4.69) is 18.1 Å². The summed E-state index contributed by atoms with van der Waals surface area (Å²) in [7, 11) is 0. The second-order valence-electron chi connectivity index (χ2n) is 5.18. The first-order valence-electron chi connectivity index (χ1n) is 7.50. The van der Waals surface area contributed by atoms with Gasteiger partial charge in [0.15, 0.2) is 0 Å². The molecule has 0 saturated carbocycles. The van der Waals surface area contributed by atoms with Gasteiger partial charge < -0.3 is 9.64 Å². The van der Waals surface area contributed by atoms with Crippen LogP contribution in [0.4, 0.5) is 0 Å². The average Bonchev–Trinajstić information content (AvgIpc) is 2.48. The Balaban J connectivity index is 2.40. The van der Waals surface area contributed by atoms with Crippen LogP contribution < -0.4 is 0 Å². The fraction of sp³-hybridized carbons (Fsp3) is 0.625. The van der Waals surface area contributed by atoms with Crippen molar-refractivity contribution in [2.24, 2.45) is 5.92 Å². The summed E-state index contributed by atoms with van der Waals surface area (Å²) < 4.78 is 5.05. The molecular formula is C16H26N2O3. The molecule has 0 bridgehead atoms. The number of ether oxygens (including phenoxy) is 1. The van der Waals surface area contributed by atoms with Crippen molar-refractivity contribution in [2.45, 2.75) is 19.8 Å². The molecule has 0 unspecified atom stereocenters. The molecule has 1 fully saturated rings. The molecule has 1 aliphatic rings. The van der Waals surface area contributed by atoms with Crippen LogP contribution in [-0.2, 0) is 14.3 Å². The highest BCUT2D eigenvalue weighted by Crippen LogP contribution is 2.18. The number of amides is 1. The van der Waals surface area contributed by atoms with Crippen molar-refractivity contribution in [2.75, 3.05) is 39.3 Å². The number of hydrogen-bond donors (Lipinski definition) is 0. The third-order valence-corrected chi connectivity index (χ3v) is 3.62. The van der Waals surface area contributed by atoms with Gasteiger partial charge in [0, 0.05) is 13.1 Å². The Bertz CT molecular complexity index is 364. The summed E-state index contributed by atoms with van der Waals surface area (Å²) in [4.78, 5) is 27.7. The molecule has 0 N–H and O–H groups in total. The zero-order valence-electron chi connectivity index (χ0n) is 12.9. The number of nitrogens with zero attached hydrogens (tertiary/aromatic N) is 2. The zero-order valence-corrected chi connectivity index (χ0v) is 12.9. The number of hydrogen-bond acceptors (Lipinski definition) is 4. The first-order valence-corrected chi connectivity index (χ1v) is 7.50. The van der Waals surface area contributed by atoms with Crippen LogP contribution in [0.5, 0.6) is 0 Å². The van der Waals surface area contributed by atoms with Crippen LogP contribution in [0.15, 0.2) is 25.3 Å². The van der Waals surface area contributed by atoms with Gasteiger partial charge in [-0.25, -0.2) is 0 Å². The van der Waals surface area contributed by atoms with Crippen molar-refractivity contribution in [1.82, 2.24) is 9.80 Å². The van der Waals surface area contributed by atoms with E-state index in [0.29, 0.717) is 26.2 Å². The van der Waals surface area contributed by atoms with Crippen molar-refractivity contribution in [3.63, 3.8) is 0 Å². The Labute approximate surface area is 127 Å². The van der Waals surface area contributed by atoms with Crippen molar-refractivity contribution in [3.05, 3.63) is 25.3 Å². The Hall–Kier alpha value is -1.62. The minimum Gasteiger partial charge on any atom is -0.466 e. The van der Waals surface area contributed by atoms with E-state index in [-0.39, 0.29) is 17.8 Å². The molecule has 0 aromatic carbocycles. The lowest BCUT2D eigenvalue weighted by molar-refractivity contribution is -0.149. The summed E-state index contributed by atoms with van der Waals surface area (Å²) >= 11 is 0. The van der Waals surface area contributed by atoms with Crippen molar-refractivity contribution >= 4 is 11.9 Å². The van der Waals surface area contributed by atoms with Crippen LogP contribution in [0.2, 0.25) is 0 Å². The minimum atomic E-state index is -0.108. The van der Waals surface area contributed by atoms with Crippen molar-refractivity contribution in [3.8, 4) is 0 Å². The molecular weight excluding hydrogens is 268 g/mol. The molecule has 0 aromatic heterocycles. The van der Waals surface area contributed by atoms with Crippen LogP contribution in [0.1, 0.15) is 19.8 Å². The summed E-state index contributed by atoms with van der Waals surface area (Å²) in [5.74, 6) is -0.0541. The van der Waals surface area contributed by atoms with Crippen LogP contribution in [-0.4, -0.2) is 61.0 Å². The molecule has 1 aliphatic heterocycles. The zero-order chi connectivity index (χ0) is 15.7. The Kier molecular flexibility index (Phi) is 7.75. The standard InChI is InChI=1S/C16H26N2O3/c1-4-9-18(10-5-2)15(19)13-17-11-7-14(8-12-17)16(20)21-6-3/h4-5,14H,1-2,6-13H2,3H3. The van der Waals surface area contributed by atoms with Gasteiger partial charge in [-0.2, -0.15) is 0 Å². The van der Waals surface area contributed by atoms with Crippen LogP contribution in [0, 0.1) is 5.92 Å². The lowest BCUT2D eigenvalue weighted by atomic mass is 9.97. The largest absolute Gasteiger partial charge is 0.466 e. The molecule has 0 atom stereocenters. The molecule has 1 heterocycles. The Morgan fingerprint density at radius 2 is 1.81 bits per heavy atom. The molecule has 0 spiro atoms. The summed E-state index contributed by atoms with van der Waals surface area (Å²) in [5, 5.41) is 0. The average molecular weight is 294 g/mol. The van der Waals surface area contributed by atoms with Gasteiger partial charge in [-0.05, 0) is 32.9 Å². The number of rotatable bonds is 8. The maximum Gasteiger partial charge on any atom is 0.309 e. The molecule has 118 valence electrons. The summed E-state index contributed by atoms with van der Waals surface area (Å²) in [6.07, 6.45) is 4.95. The first-order chi connectivity index (χ1) is 10.1. The highest BCUT2D eigenvalue weighted by atomic mass is 16.5. The fourth-order valence-electron chi connectivity index (χ4n) is 2.47. The van der Waals surface area contributed by atoms with Crippen molar-refractivity contribution < 1.29 is 14.3 Å². The van der Waals surface area contributed by atoms with Gasteiger partial charge in [0.05, 0.1) is 19.1 Å². The number of esters is 1.